The highest BCUT2D eigenvalue weighted by Gasteiger charge is 2.19. The van der Waals surface area contributed by atoms with Gasteiger partial charge in [-0.2, -0.15) is 0 Å². The summed E-state index contributed by atoms with van der Waals surface area (Å²) in [4.78, 5) is 10.3. The minimum Gasteiger partial charge on any atom is -0.481 e. The number of carboxylic acid groups (broad SMARTS) is 1. The number of hydrogen-bond donors (Lipinski definition) is 3. The zero-order valence-corrected chi connectivity index (χ0v) is 7.93. The number of carboxylic acids is 1. The van der Waals surface area contributed by atoms with Gasteiger partial charge in [-0.05, 0) is 17.7 Å². The summed E-state index contributed by atoms with van der Waals surface area (Å²) in [7, 11) is 0. The molecule has 0 saturated heterocycles. The van der Waals surface area contributed by atoms with Crippen molar-refractivity contribution in [1.29, 1.82) is 0 Å². The number of aliphatic hydroxyl groups is 1. The minimum atomic E-state index is -1.22. The van der Waals surface area contributed by atoms with E-state index in [2.05, 4.69) is 0 Å². The Bertz CT molecular complexity index is 356. The molecule has 0 aliphatic carbocycles. The Kier molecular flexibility index (Phi) is 3.76. The maximum atomic E-state index is 12.8. The number of aliphatic carboxylic acids is 1. The van der Waals surface area contributed by atoms with E-state index in [1.54, 1.807) is 6.07 Å². The fourth-order valence-corrected chi connectivity index (χ4v) is 1.24. The fourth-order valence-electron chi connectivity index (χ4n) is 1.24. The van der Waals surface area contributed by atoms with Crippen LogP contribution >= 0.6 is 0 Å². The van der Waals surface area contributed by atoms with E-state index in [0.717, 1.165) is 0 Å². The summed E-state index contributed by atoms with van der Waals surface area (Å²) in [6.45, 7) is 0. The van der Waals surface area contributed by atoms with Crippen molar-refractivity contribution in [2.24, 2.45) is 5.73 Å². The standard InChI is InChI=1S/C10H12FNO3/c11-7-3-1-2-6(4-7)10(12)8(13)5-9(14)15/h1-4,8,10,13H,5,12H2,(H,14,15)/t8-,10+/m1/s1. The first-order chi connectivity index (χ1) is 7.00. The molecule has 0 amide bonds. The second-order valence-corrected chi connectivity index (χ2v) is 3.25. The summed E-state index contributed by atoms with van der Waals surface area (Å²) < 4.78 is 12.8. The molecule has 0 bridgehead atoms. The van der Waals surface area contributed by atoms with Crippen molar-refractivity contribution in [3.8, 4) is 0 Å². The molecule has 4 N–H and O–H groups in total. The number of halogens is 1. The summed E-state index contributed by atoms with van der Waals surface area (Å²) in [6, 6.07) is 4.53. The molecule has 0 aliphatic rings. The Balaban J connectivity index is 2.75. The highest BCUT2D eigenvalue weighted by molar-refractivity contribution is 5.67. The summed E-state index contributed by atoms with van der Waals surface area (Å²) in [6.07, 6.45) is -1.68. The van der Waals surface area contributed by atoms with Crippen molar-refractivity contribution in [3.05, 3.63) is 35.6 Å². The van der Waals surface area contributed by atoms with Crippen molar-refractivity contribution in [2.75, 3.05) is 0 Å². The third-order valence-electron chi connectivity index (χ3n) is 2.03. The lowest BCUT2D eigenvalue weighted by Crippen LogP contribution is -2.28. The Morgan fingerprint density at radius 2 is 2.20 bits per heavy atom. The molecule has 2 atom stereocenters. The zero-order chi connectivity index (χ0) is 11.4. The van der Waals surface area contributed by atoms with E-state index in [1.165, 1.54) is 18.2 Å². The van der Waals surface area contributed by atoms with Crippen LogP contribution in [0.15, 0.2) is 24.3 Å². The van der Waals surface area contributed by atoms with Gasteiger partial charge in [-0.25, -0.2) is 4.39 Å². The van der Waals surface area contributed by atoms with Crippen molar-refractivity contribution in [2.45, 2.75) is 18.6 Å². The summed E-state index contributed by atoms with van der Waals surface area (Å²) in [5, 5.41) is 17.8. The highest BCUT2D eigenvalue weighted by atomic mass is 19.1. The minimum absolute atomic E-state index is 0.378. The van der Waals surface area contributed by atoms with Crippen molar-refractivity contribution in [3.63, 3.8) is 0 Å². The smallest absolute Gasteiger partial charge is 0.306 e. The first-order valence-corrected chi connectivity index (χ1v) is 4.41. The number of benzene rings is 1. The largest absolute Gasteiger partial charge is 0.481 e. The molecule has 5 heteroatoms. The van der Waals surface area contributed by atoms with Gasteiger partial charge in [0.2, 0.25) is 0 Å². The molecule has 0 spiro atoms. The van der Waals surface area contributed by atoms with Crippen LogP contribution in [0.25, 0.3) is 0 Å². The molecular formula is C10H12FNO3. The van der Waals surface area contributed by atoms with E-state index in [9.17, 15) is 14.3 Å². The number of carbonyl (C=O) groups is 1. The van der Waals surface area contributed by atoms with Gasteiger partial charge in [-0.1, -0.05) is 12.1 Å². The van der Waals surface area contributed by atoms with Gasteiger partial charge in [-0.3, -0.25) is 4.79 Å². The predicted molar refractivity (Wildman–Crippen MR) is 51.6 cm³/mol. The molecule has 1 aromatic carbocycles. The first-order valence-electron chi connectivity index (χ1n) is 4.41. The average molecular weight is 213 g/mol. The molecule has 4 nitrogen and oxygen atoms in total. The quantitative estimate of drug-likeness (QED) is 0.686. The molecule has 1 aromatic rings. The lowest BCUT2D eigenvalue weighted by atomic mass is 10.0. The Morgan fingerprint density at radius 3 is 2.73 bits per heavy atom. The predicted octanol–water partition coefficient (Wildman–Crippen LogP) is 0.661. The van der Waals surface area contributed by atoms with E-state index in [4.69, 9.17) is 10.8 Å². The third-order valence-corrected chi connectivity index (χ3v) is 2.03. The Hall–Kier alpha value is -1.46. The Morgan fingerprint density at radius 1 is 1.53 bits per heavy atom. The molecule has 0 radical (unpaired) electrons. The third kappa shape index (κ3) is 3.30. The van der Waals surface area contributed by atoms with Gasteiger partial charge in [0.15, 0.2) is 0 Å². The maximum Gasteiger partial charge on any atom is 0.306 e. The van der Waals surface area contributed by atoms with Crippen LogP contribution in [0.5, 0.6) is 0 Å². The van der Waals surface area contributed by atoms with Crippen molar-refractivity contribution >= 4 is 5.97 Å². The maximum absolute atomic E-state index is 12.8. The summed E-state index contributed by atoms with van der Waals surface area (Å²) >= 11 is 0. The first kappa shape index (κ1) is 11.6. The topological polar surface area (TPSA) is 83.5 Å². The average Bonchev–Trinajstić information content (AvgIpc) is 2.15. The summed E-state index contributed by atoms with van der Waals surface area (Å²) in [5.41, 5.74) is 5.95. The van der Waals surface area contributed by atoms with E-state index in [-0.39, 0.29) is 0 Å². The van der Waals surface area contributed by atoms with Crippen LogP contribution in [0.4, 0.5) is 4.39 Å². The van der Waals surface area contributed by atoms with Gasteiger partial charge in [0, 0.05) is 0 Å². The number of rotatable bonds is 4. The van der Waals surface area contributed by atoms with Crippen LogP contribution in [0.1, 0.15) is 18.0 Å². The van der Waals surface area contributed by atoms with Crippen LogP contribution in [-0.4, -0.2) is 22.3 Å². The van der Waals surface area contributed by atoms with Crippen LogP contribution in [0, 0.1) is 5.82 Å². The monoisotopic (exact) mass is 213 g/mol. The second-order valence-electron chi connectivity index (χ2n) is 3.25. The van der Waals surface area contributed by atoms with Crippen LogP contribution in [0.3, 0.4) is 0 Å². The molecule has 0 unspecified atom stereocenters. The van der Waals surface area contributed by atoms with Gasteiger partial charge in [0.1, 0.15) is 5.82 Å². The number of nitrogens with two attached hydrogens (primary N) is 1. The number of aliphatic hydroxyl groups excluding tert-OH is 1. The van der Waals surface area contributed by atoms with E-state index in [0.29, 0.717) is 5.56 Å². The summed E-state index contributed by atoms with van der Waals surface area (Å²) in [5.74, 6) is -1.61. The van der Waals surface area contributed by atoms with Gasteiger partial charge >= 0.3 is 5.97 Å². The SMILES string of the molecule is N[C@@H](c1cccc(F)c1)[C@H](O)CC(=O)O. The normalized spacial score (nSPS) is 14.6. The molecule has 82 valence electrons. The Labute approximate surface area is 86.1 Å². The van der Waals surface area contributed by atoms with Crippen LogP contribution < -0.4 is 5.73 Å². The molecule has 15 heavy (non-hydrogen) atoms. The van der Waals surface area contributed by atoms with Gasteiger partial charge in [0.25, 0.3) is 0 Å². The van der Waals surface area contributed by atoms with Gasteiger partial charge < -0.3 is 15.9 Å². The highest BCUT2D eigenvalue weighted by Crippen LogP contribution is 2.17. The van der Waals surface area contributed by atoms with E-state index < -0.39 is 30.4 Å². The van der Waals surface area contributed by atoms with Crippen LogP contribution in [-0.2, 0) is 4.79 Å². The lowest BCUT2D eigenvalue weighted by molar-refractivity contribution is -0.139. The fraction of sp³-hybridized carbons (Fsp3) is 0.300. The van der Waals surface area contributed by atoms with E-state index in [1.807, 2.05) is 0 Å². The van der Waals surface area contributed by atoms with E-state index >= 15 is 0 Å². The van der Waals surface area contributed by atoms with Crippen molar-refractivity contribution in [1.82, 2.24) is 0 Å². The van der Waals surface area contributed by atoms with Gasteiger partial charge in [0.05, 0.1) is 18.6 Å². The van der Waals surface area contributed by atoms with Crippen LogP contribution in [0.2, 0.25) is 0 Å². The molecule has 0 fully saturated rings. The number of hydrogen-bond acceptors (Lipinski definition) is 3. The molecule has 0 saturated carbocycles. The zero-order valence-electron chi connectivity index (χ0n) is 7.93. The van der Waals surface area contributed by atoms with Gasteiger partial charge in [-0.15, -0.1) is 0 Å². The second kappa shape index (κ2) is 4.86. The molecule has 0 aliphatic heterocycles. The lowest BCUT2D eigenvalue weighted by Gasteiger charge is -2.17. The molecular weight excluding hydrogens is 201 g/mol. The molecule has 1 rings (SSSR count). The molecule has 0 aromatic heterocycles. The van der Waals surface area contributed by atoms with Crippen molar-refractivity contribution < 1.29 is 19.4 Å². The molecule has 0 heterocycles.